The number of terminal acetylenes is 1. The number of fused-ring (bicyclic) bond motifs is 1. The summed E-state index contributed by atoms with van der Waals surface area (Å²) < 4.78 is 23.8. The summed E-state index contributed by atoms with van der Waals surface area (Å²) in [5.74, 6) is 3.03. The Balaban J connectivity index is 2.16. The summed E-state index contributed by atoms with van der Waals surface area (Å²) >= 11 is 6.06. The molecule has 1 heterocycles. The third-order valence-electron chi connectivity index (χ3n) is 3.38. The number of nitrogens with zero attached hydrogens (tertiary/aromatic N) is 2. The number of sulfone groups is 1. The monoisotopic (exact) mass is 357 g/mol. The van der Waals surface area contributed by atoms with Gasteiger partial charge in [-0.3, -0.25) is 0 Å². The molecule has 0 fully saturated rings. The van der Waals surface area contributed by atoms with Crippen LogP contribution in [0.25, 0.3) is 10.9 Å². The summed E-state index contributed by atoms with van der Waals surface area (Å²) in [4.78, 5) is 8.37. The number of nitrogens with one attached hydrogen (secondary N) is 1. The van der Waals surface area contributed by atoms with Gasteiger partial charge in [0.25, 0.3) is 0 Å². The lowest BCUT2D eigenvalue weighted by Gasteiger charge is -2.10. The van der Waals surface area contributed by atoms with Crippen molar-refractivity contribution in [2.45, 2.75) is 4.90 Å². The number of rotatable bonds is 3. The zero-order chi connectivity index (χ0) is 17.3. The molecule has 2 aromatic carbocycles. The third kappa shape index (κ3) is 3.18. The fraction of sp³-hybridized carbons (Fsp3) is 0.0588. The van der Waals surface area contributed by atoms with Crippen LogP contribution in [0, 0.1) is 12.3 Å². The summed E-state index contributed by atoms with van der Waals surface area (Å²) in [5.41, 5.74) is 2.00. The van der Waals surface area contributed by atoms with Crippen LogP contribution < -0.4 is 5.32 Å². The molecule has 0 amide bonds. The normalized spacial score (nSPS) is 11.2. The fourth-order valence-electron chi connectivity index (χ4n) is 2.26. The quantitative estimate of drug-likeness (QED) is 0.727. The lowest BCUT2D eigenvalue weighted by Crippen LogP contribution is -2.01. The van der Waals surface area contributed by atoms with Crippen molar-refractivity contribution in [2.75, 3.05) is 11.6 Å². The second-order valence-corrected chi connectivity index (χ2v) is 7.54. The molecule has 0 saturated carbocycles. The topological polar surface area (TPSA) is 72.0 Å². The Morgan fingerprint density at radius 3 is 2.71 bits per heavy atom. The Hall–Kier alpha value is -2.62. The average molecular weight is 358 g/mol. The molecule has 24 heavy (non-hydrogen) atoms. The Kier molecular flexibility index (Phi) is 4.14. The first-order valence-corrected chi connectivity index (χ1v) is 9.13. The van der Waals surface area contributed by atoms with Gasteiger partial charge in [-0.2, -0.15) is 0 Å². The van der Waals surface area contributed by atoms with Gasteiger partial charge in [-0.15, -0.1) is 6.42 Å². The van der Waals surface area contributed by atoms with Gasteiger partial charge in [0, 0.05) is 22.9 Å². The van der Waals surface area contributed by atoms with Crippen molar-refractivity contribution < 1.29 is 8.42 Å². The average Bonchev–Trinajstić information content (AvgIpc) is 2.53. The minimum absolute atomic E-state index is 0.0342. The van der Waals surface area contributed by atoms with Gasteiger partial charge in [-0.05, 0) is 30.3 Å². The van der Waals surface area contributed by atoms with Crippen molar-refractivity contribution >= 4 is 43.8 Å². The maximum atomic E-state index is 11.9. The lowest BCUT2D eigenvalue weighted by atomic mass is 10.2. The second-order valence-electron chi connectivity index (χ2n) is 5.14. The van der Waals surface area contributed by atoms with Gasteiger partial charge in [0.05, 0.1) is 15.4 Å². The lowest BCUT2D eigenvalue weighted by molar-refractivity contribution is 0.602. The Bertz CT molecular complexity index is 1090. The van der Waals surface area contributed by atoms with E-state index in [4.69, 9.17) is 18.0 Å². The van der Waals surface area contributed by atoms with E-state index in [0.29, 0.717) is 16.7 Å². The molecule has 3 rings (SSSR count). The smallest absolute Gasteiger partial charge is 0.177 e. The van der Waals surface area contributed by atoms with Gasteiger partial charge in [-0.25, -0.2) is 18.4 Å². The predicted molar refractivity (Wildman–Crippen MR) is 95.3 cm³/mol. The Morgan fingerprint density at radius 1 is 1.21 bits per heavy atom. The van der Waals surface area contributed by atoms with Crippen LogP contribution in [0.5, 0.6) is 0 Å². The van der Waals surface area contributed by atoms with Crippen LogP contribution in [0.2, 0.25) is 5.02 Å². The number of aromatic nitrogens is 2. The maximum Gasteiger partial charge on any atom is 0.177 e. The van der Waals surface area contributed by atoms with Crippen LogP contribution in [-0.2, 0) is 9.84 Å². The number of hydrogen-bond donors (Lipinski definition) is 1. The molecule has 7 heteroatoms. The molecule has 0 radical (unpaired) electrons. The molecule has 0 bridgehead atoms. The summed E-state index contributed by atoms with van der Waals surface area (Å²) in [5, 5.41) is 3.81. The number of hydrogen-bond acceptors (Lipinski definition) is 5. The molecule has 0 aliphatic rings. The van der Waals surface area contributed by atoms with Crippen LogP contribution >= 0.6 is 11.6 Å². The van der Waals surface area contributed by atoms with Crippen molar-refractivity contribution in [2.24, 2.45) is 0 Å². The number of benzene rings is 2. The molecule has 0 spiro atoms. The van der Waals surface area contributed by atoms with Crippen LogP contribution in [-0.4, -0.2) is 24.6 Å². The fourth-order valence-corrected chi connectivity index (χ4v) is 3.59. The molecule has 3 aromatic rings. The Labute approximate surface area is 144 Å². The molecular formula is C17H12ClN3O2S. The largest absolute Gasteiger partial charge is 0.340 e. The van der Waals surface area contributed by atoms with Crippen LogP contribution in [0.4, 0.5) is 11.5 Å². The first kappa shape index (κ1) is 16.2. The van der Waals surface area contributed by atoms with Crippen molar-refractivity contribution in [3.63, 3.8) is 0 Å². The second kappa shape index (κ2) is 6.11. The van der Waals surface area contributed by atoms with Crippen molar-refractivity contribution in [1.82, 2.24) is 9.97 Å². The highest BCUT2D eigenvalue weighted by atomic mass is 35.5. The van der Waals surface area contributed by atoms with E-state index in [1.807, 2.05) is 18.2 Å². The zero-order valence-electron chi connectivity index (χ0n) is 12.6. The molecule has 0 aliphatic heterocycles. The first-order chi connectivity index (χ1) is 11.4. The van der Waals surface area contributed by atoms with Gasteiger partial charge in [-0.1, -0.05) is 23.6 Å². The first-order valence-electron chi connectivity index (χ1n) is 6.86. The van der Waals surface area contributed by atoms with Crippen LogP contribution in [0.3, 0.4) is 0 Å². The highest BCUT2D eigenvalue weighted by molar-refractivity contribution is 7.90. The highest BCUT2D eigenvalue weighted by Gasteiger charge is 2.16. The third-order valence-corrected chi connectivity index (χ3v) is 4.94. The standard InChI is InChI=1S/C17H12ClN3O2S/c1-3-11-5-4-6-12(7-11)21-17-13-8-16(24(2,22)23)14(18)9-15(13)19-10-20-17/h1,4-10H,2H3,(H,19,20,21). The van der Waals surface area contributed by atoms with Crippen LogP contribution in [0.15, 0.2) is 47.6 Å². The van der Waals surface area contributed by atoms with Gasteiger partial charge in [0.15, 0.2) is 9.84 Å². The summed E-state index contributed by atoms with van der Waals surface area (Å²) in [7, 11) is -3.47. The van der Waals surface area contributed by atoms with E-state index in [1.54, 1.807) is 6.07 Å². The van der Waals surface area contributed by atoms with Crippen LogP contribution in [0.1, 0.15) is 5.56 Å². The molecule has 5 nitrogen and oxygen atoms in total. The van der Waals surface area contributed by atoms with E-state index in [0.717, 1.165) is 17.5 Å². The minimum Gasteiger partial charge on any atom is -0.340 e. The van der Waals surface area contributed by atoms with E-state index in [9.17, 15) is 8.42 Å². The van der Waals surface area contributed by atoms with Gasteiger partial charge in [0.2, 0.25) is 0 Å². The van der Waals surface area contributed by atoms with E-state index < -0.39 is 9.84 Å². The van der Waals surface area contributed by atoms with Crippen molar-refractivity contribution in [1.29, 1.82) is 0 Å². The zero-order valence-corrected chi connectivity index (χ0v) is 14.2. The summed E-state index contributed by atoms with van der Waals surface area (Å²) in [6.45, 7) is 0. The predicted octanol–water partition coefficient (Wildman–Crippen LogP) is 3.41. The molecular weight excluding hydrogens is 346 g/mol. The number of halogens is 1. The van der Waals surface area contributed by atoms with E-state index in [2.05, 4.69) is 21.2 Å². The van der Waals surface area contributed by atoms with E-state index in [1.165, 1.54) is 18.5 Å². The minimum atomic E-state index is -3.47. The maximum absolute atomic E-state index is 11.9. The Morgan fingerprint density at radius 2 is 2.00 bits per heavy atom. The SMILES string of the molecule is C#Cc1cccc(Nc2ncnc3cc(Cl)c(S(C)(=O)=O)cc23)c1. The van der Waals surface area contributed by atoms with Gasteiger partial charge < -0.3 is 5.32 Å². The molecule has 1 aromatic heterocycles. The van der Waals surface area contributed by atoms with Gasteiger partial charge >= 0.3 is 0 Å². The summed E-state index contributed by atoms with van der Waals surface area (Å²) in [6.07, 6.45) is 7.89. The molecule has 0 saturated heterocycles. The van der Waals surface area contributed by atoms with Gasteiger partial charge in [0.1, 0.15) is 12.1 Å². The molecule has 1 N–H and O–H groups in total. The molecule has 0 aliphatic carbocycles. The van der Waals surface area contributed by atoms with Crippen molar-refractivity contribution in [3.05, 3.63) is 53.3 Å². The molecule has 120 valence electrons. The molecule has 0 atom stereocenters. The van der Waals surface area contributed by atoms with Crippen molar-refractivity contribution in [3.8, 4) is 12.3 Å². The molecule has 0 unspecified atom stereocenters. The van der Waals surface area contributed by atoms with E-state index >= 15 is 0 Å². The summed E-state index contributed by atoms with van der Waals surface area (Å²) in [6, 6.07) is 10.2. The van der Waals surface area contributed by atoms with E-state index in [-0.39, 0.29) is 9.92 Å². The number of anilines is 2. The highest BCUT2D eigenvalue weighted by Crippen LogP contribution is 2.30.